The number of benzene rings is 2. The molecule has 27 heavy (non-hydrogen) atoms. The molecule has 0 fully saturated rings. The van der Waals surface area contributed by atoms with E-state index in [0.29, 0.717) is 11.7 Å². The highest BCUT2D eigenvalue weighted by atomic mass is 19.1. The Balaban J connectivity index is 1.74. The molecule has 0 unspecified atom stereocenters. The molecule has 0 radical (unpaired) electrons. The SMILES string of the molecule is CC(C)c1ccc(OCC(=O)NNC(=O)[C@H](C)Oc2ccccc2F)cc1. The number of rotatable bonds is 7. The van der Waals surface area contributed by atoms with Crippen LogP contribution in [0.25, 0.3) is 0 Å². The fraction of sp³-hybridized carbons (Fsp3) is 0.300. The molecular weight excluding hydrogens is 351 g/mol. The Kier molecular flexibility index (Phi) is 7.16. The molecule has 0 aliphatic heterocycles. The summed E-state index contributed by atoms with van der Waals surface area (Å²) in [5.74, 6) is -0.803. The van der Waals surface area contributed by atoms with Gasteiger partial charge in [-0.05, 0) is 42.7 Å². The summed E-state index contributed by atoms with van der Waals surface area (Å²) in [4.78, 5) is 23.7. The van der Waals surface area contributed by atoms with Gasteiger partial charge in [0, 0.05) is 0 Å². The lowest BCUT2D eigenvalue weighted by atomic mass is 10.0. The third-order valence-electron chi connectivity index (χ3n) is 3.75. The highest BCUT2D eigenvalue weighted by molar-refractivity contribution is 5.85. The lowest BCUT2D eigenvalue weighted by molar-refractivity contribution is -0.133. The van der Waals surface area contributed by atoms with Gasteiger partial charge < -0.3 is 9.47 Å². The first-order chi connectivity index (χ1) is 12.9. The van der Waals surface area contributed by atoms with E-state index in [4.69, 9.17) is 9.47 Å². The van der Waals surface area contributed by atoms with E-state index in [1.165, 1.54) is 30.7 Å². The van der Waals surface area contributed by atoms with Gasteiger partial charge in [-0.1, -0.05) is 38.1 Å². The summed E-state index contributed by atoms with van der Waals surface area (Å²) < 4.78 is 24.1. The van der Waals surface area contributed by atoms with Gasteiger partial charge >= 0.3 is 0 Å². The summed E-state index contributed by atoms with van der Waals surface area (Å²) in [5.41, 5.74) is 5.61. The van der Waals surface area contributed by atoms with Gasteiger partial charge in [0.2, 0.25) is 0 Å². The van der Waals surface area contributed by atoms with Crippen LogP contribution in [0.1, 0.15) is 32.3 Å². The molecule has 0 aromatic heterocycles. The van der Waals surface area contributed by atoms with E-state index in [1.807, 2.05) is 12.1 Å². The first kappa shape index (κ1) is 20.2. The Hall–Kier alpha value is -3.09. The van der Waals surface area contributed by atoms with Gasteiger partial charge in [0.05, 0.1) is 0 Å². The third-order valence-corrected chi connectivity index (χ3v) is 3.75. The zero-order valence-electron chi connectivity index (χ0n) is 15.5. The molecule has 0 saturated heterocycles. The van der Waals surface area contributed by atoms with Crippen LogP contribution in [0.15, 0.2) is 48.5 Å². The van der Waals surface area contributed by atoms with Crippen LogP contribution >= 0.6 is 0 Å². The number of hydrogen-bond donors (Lipinski definition) is 2. The highest BCUT2D eigenvalue weighted by Gasteiger charge is 2.17. The summed E-state index contributed by atoms with van der Waals surface area (Å²) in [6.45, 7) is 5.36. The maximum absolute atomic E-state index is 13.5. The summed E-state index contributed by atoms with van der Waals surface area (Å²) in [7, 11) is 0. The second-order valence-corrected chi connectivity index (χ2v) is 6.24. The van der Waals surface area contributed by atoms with Gasteiger partial charge in [0.15, 0.2) is 24.3 Å². The number of carbonyl (C=O) groups is 2. The van der Waals surface area contributed by atoms with Gasteiger partial charge in [-0.3, -0.25) is 20.4 Å². The predicted molar refractivity (Wildman–Crippen MR) is 98.8 cm³/mol. The predicted octanol–water partition coefficient (Wildman–Crippen LogP) is 2.94. The smallest absolute Gasteiger partial charge is 0.279 e. The fourth-order valence-corrected chi connectivity index (χ4v) is 2.15. The van der Waals surface area contributed by atoms with Gasteiger partial charge in [-0.15, -0.1) is 0 Å². The minimum atomic E-state index is -0.994. The maximum atomic E-state index is 13.5. The molecule has 2 aromatic rings. The van der Waals surface area contributed by atoms with Crippen molar-refractivity contribution in [3.63, 3.8) is 0 Å². The van der Waals surface area contributed by atoms with E-state index >= 15 is 0 Å². The van der Waals surface area contributed by atoms with Crippen molar-refractivity contribution in [1.82, 2.24) is 10.9 Å². The van der Waals surface area contributed by atoms with Crippen molar-refractivity contribution in [2.75, 3.05) is 6.61 Å². The van der Waals surface area contributed by atoms with Gasteiger partial charge in [0.25, 0.3) is 11.8 Å². The van der Waals surface area contributed by atoms with Crippen LogP contribution in [-0.4, -0.2) is 24.5 Å². The number of hydrazine groups is 1. The fourth-order valence-electron chi connectivity index (χ4n) is 2.15. The molecule has 2 rings (SSSR count). The van der Waals surface area contributed by atoms with Crippen LogP contribution in [0.4, 0.5) is 4.39 Å². The molecule has 6 nitrogen and oxygen atoms in total. The molecule has 2 amide bonds. The molecule has 0 spiro atoms. The van der Waals surface area contributed by atoms with Crippen LogP contribution < -0.4 is 20.3 Å². The molecule has 0 heterocycles. The van der Waals surface area contributed by atoms with E-state index in [9.17, 15) is 14.0 Å². The first-order valence-electron chi connectivity index (χ1n) is 8.59. The second kappa shape index (κ2) is 9.56. The van der Waals surface area contributed by atoms with Crippen molar-refractivity contribution in [3.05, 3.63) is 59.9 Å². The summed E-state index contributed by atoms with van der Waals surface area (Å²) in [6.07, 6.45) is -0.994. The van der Waals surface area contributed by atoms with Gasteiger partial charge in [0.1, 0.15) is 5.75 Å². The zero-order chi connectivity index (χ0) is 19.8. The van der Waals surface area contributed by atoms with Crippen molar-refractivity contribution in [2.24, 2.45) is 0 Å². The first-order valence-corrected chi connectivity index (χ1v) is 8.59. The average Bonchev–Trinajstić information content (AvgIpc) is 2.66. The normalized spacial score (nSPS) is 11.6. The van der Waals surface area contributed by atoms with E-state index in [-0.39, 0.29) is 12.4 Å². The minimum absolute atomic E-state index is 0.0420. The molecule has 2 N–H and O–H groups in total. The van der Waals surface area contributed by atoms with Crippen molar-refractivity contribution in [2.45, 2.75) is 32.8 Å². The van der Waals surface area contributed by atoms with Crippen LogP contribution in [0.5, 0.6) is 11.5 Å². The Morgan fingerprint density at radius 1 is 1.00 bits per heavy atom. The van der Waals surface area contributed by atoms with E-state index < -0.39 is 23.7 Å². The van der Waals surface area contributed by atoms with E-state index in [0.717, 1.165) is 0 Å². The number of halogens is 1. The Bertz CT molecular complexity index is 778. The average molecular weight is 374 g/mol. The van der Waals surface area contributed by atoms with Crippen molar-refractivity contribution < 1.29 is 23.5 Å². The monoisotopic (exact) mass is 374 g/mol. The Morgan fingerprint density at radius 3 is 2.30 bits per heavy atom. The number of carbonyl (C=O) groups excluding carboxylic acids is 2. The summed E-state index contributed by atoms with van der Waals surface area (Å²) in [6, 6.07) is 13.2. The lowest BCUT2D eigenvalue weighted by Gasteiger charge is -2.15. The third kappa shape index (κ3) is 6.29. The largest absolute Gasteiger partial charge is 0.484 e. The number of ether oxygens (including phenoxy) is 2. The topological polar surface area (TPSA) is 76.7 Å². The molecule has 0 aliphatic rings. The molecule has 0 saturated carbocycles. The maximum Gasteiger partial charge on any atom is 0.279 e. The van der Waals surface area contributed by atoms with E-state index in [1.54, 1.807) is 18.2 Å². The van der Waals surface area contributed by atoms with Gasteiger partial charge in [-0.2, -0.15) is 0 Å². The number of hydrogen-bond acceptors (Lipinski definition) is 4. The minimum Gasteiger partial charge on any atom is -0.484 e. The standard InChI is InChI=1S/C20H23FN2O4/c1-13(2)15-8-10-16(11-9-15)26-12-19(24)22-23-20(25)14(3)27-18-7-5-4-6-17(18)21/h4-11,13-14H,12H2,1-3H3,(H,22,24)(H,23,25)/t14-/m0/s1. The highest BCUT2D eigenvalue weighted by Crippen LogP contribution is 2.18. The Morgan fingerprint density at radius 2 is 1.67 bits per heavy atom. The molecule has 2 aromatic carbocycles. The van der Waals surface area contributed by atoms with Crippen LogP contribution in [0, 0.1) is 5.82 Å². The van der Waals surface area contributed by atoms with Crippen molar-refractivity contribution in [1.29, 1.82) is 0 Å². The molecule has 1 atom stereocenters. The molecule has 0 aliphatic carbocycles. The van der Waals surface area contributed by atoms with Gasteiger partial charge in [-0.25, -0.2) is 4.39 Å². The van der Waals surface area contributed by atoms with Crippen molar-refractivity contribution in [3.8, 4) is 11.5 Å². The van der Waals surface area contributed by atoms with E-state index in [2.05, 4.69) is 24.7 Å². The zero-order valence-corrected chi connectivity index (χ0v) is 15.5. The van der Waals surface area contributed by atoms with Crippen LogP contribution in [-0.2, 0) is 9.59 Å². The molecular formula is C20H23FN2O4. The van der Waals surface area contributed by atoms with Crippen LogP contribution in [0.2, 0.25) is 0 Å². The Labute approximate surface area is 157 Å². The molecule has 144 valence electrons. The van der Waals surface area contributed by atoms with Crippen LogP contribution in [0.3, 0.4) is 0 Å². The quantitative estimate of drug-likeness (QED) is 0.731. The summed E-state index contributed by atoms with van der Waals surface area (Å²) >= 11 is 0. The van der Waals surface area contributed by atoms with Crippen molar-refractivity contribution >= 4 is 11.8 Å². The number of nitrogens with one attached hydrogen (secondary N) is 2. The molecule has 0 bridgehead atoms. The second-order valence-electron chi connectivity index (χ2n) is 6.24. The summed E-state index contributed by atoms with van der Waals surface area (Å²) in [5, 5.41) is 0. The molecule has 7 heteroatoms. The lowest BCUT2D eigenvalue weighted by Crippen LogP contribution is -2.48. The number of amides is 2. The number of para-hydroxylation sites is 1.